The predicted molar refractivity (Wildman–Crippen MR) is 116 cm³/mol. The summed E-state index contributed by atoms with van der Waals surface area (Å²) in [5.41, 5.74) is 1.68. The van der Waals surface area contributed by atoms with E-state index in [4.69, 9.17) is 18.9 Å². The summed E-state index contributed by atoms with van der Waals surface area (Å²) in [4.78, 5) is 22.1. The Bertz CT molecular complexity index is 865. The molecule has 6 heteroatoms. The number of methoxy groups -OCH3 is 2. The number of allylic oxidation sites excluding steroid dienone is 2. The van der Waals surface area contributed by atoms with E-state index in [-0.39, 0.29) is 11.6 Å². The quantitative estimate of drug-likeness (QED) is 0.405. The Morgan fingerprint density at radius 3 is 1.43 bits per heavy atom. The Hall–Kier alpha value is -3.54. The van der Waals surface area contributed by atoms with Crippen LogP contribution in [0.15, 0.2) is 48.6 Å². The molecule has 2 rings (SSSR count). The minimum atomic E-state index is -0.0234. The van der Waals surface area contributed by atoms with Crippen molar-refractivity contribution >= 4 is 23.7 Å². The molecule has 2 aromatic rings. The monoisotopic (exact) mass is 410 g/mol. The number of hydrogen-bond acceptors (Lipinski definition) is 6. The maximum absolute atomic E-state index is 11.1. The summed E-state index contributed by atoms with van der Waals surface area (Å²) in [6.07, 6.45) is 6.44. The molecule has 0 bridgehead atoms. The van der Waals surface area contributed by atoms with Crippen molar-refractivity contribution in [3.05, 3.63) is 59.7 Å². The van der Waals surface area contributed by atoms with Gasteiger partial charge in [-0.1, -0.05) is 24.3 Å². The Morgan fingerprint density at radius 1 is 0.700 bits per heavy atom. The van der Waals surface area contributed by atoms with Crippen LogP contribution in [0.25, 0.3) is 12.2 Å². The first-order valence-corrected chi connectivity index (χ1v) is 9.42. The molecular formula is C24H26O6. The molecule has 158 valence electrons. The maximum atomic E-state index is 11.1. The van der Waals surface area contributed by atoms with Crippen LogP contribution in [0.1, 0.15) is 25.0 Å². The van der Waals surface area contributed by atoms with E-state index < -0.39 is 0 Å². The van der Waals surface area contributed by atoms with Crippen molar-refractivity contribution in [3.63, 3.8) is 0 Å². The molecule has 6 nitrogen and oxygen atoms in total. The molecule has 2 aromatic carbocycles. The normalized spacial score (nSPS) is 10.9. The number of carbonyl (C=O) groups is 2. The van der Waals surface area contributed by atoms with Gasteiger partial charge in [-0.2, -0.15) is 0 Å². The fourth-order valence-corrected chi connectivity index (χ4v) is 2.54. The third kappa shape index (κ3) is 7.13. The number of hydrogen-bond donors (Lipinski definition) is 0. The topological polar surface area (TPSA) is 71.1 Å². The van der Waals surface area contributed by atoms with Crippen molar-refractivity contribution in [2.24, 2.45) is 0 Å². The summed E-state index contributed by atoms with van der Waals surface area (Å²) in [5.74, 6) is 2.25. The van der Waals surface area contributed by atoms with Crippen molar-refractivity contribution in [1.82, 2.24) is 0 Å². The van der Waals surface area contributed by atoms with Crippen LogP contribution >= 0.6 is 0 Å². The summed E-state index contributed by atoms with van der Waals surface area (Å²) >= 11 is 0. The minimum absolute atomic E-state index is 0.0234. The molecule has 0 aliphatic carbocycles. The maximum Gasteiger partial charge on any atom is 0.161 e. The second kappa shape index (κ2) is 11.5. The average Bonchev–Trinajstić information content (AvgIpc) is 2.74. The standard InChI is InChI=1S/C24H26O6/c1-17(25)5-7-19-9-11-21(23(15-19)27-3)29-13-14-30-22-12-10-20(8-6-18(2)26)16-24(22)28-4/h5-12,15-16H,13-14H2,1-4H3/b7-5+,8-6+. The van der Waals surface area contributed by atoms with Crippen molar-refractivity contribution in [3.8, 4) is 23.0 Å². The van der Waals surface area contributed by atoms with Crippen molar-refractivity contribution in [1.29, 1.82) is 0 Å². The lowest BCUT2D eigenvalue weighted by molar-refractivity contribution is -0.113. The van der Waals surface area contributed by atoms with E-state index in [2.05, 4.69) is 0 Å². The molecule has 0 aliphatic rings. The lowest BCUT2D eigenvalue weighted by Gasteiger charge is -2.14. The van der Waals surface area contributed by atoms with Gasteiger partial charge < -0.3 is 18.9 Å². The molecule has 0 fully saturated rings. The van der Waals surface area contributed by atoms with Gasteiger partial charge in [0.1, 0.15) is 13.2 Å². The molecule has 0 saturated heterocycles. The highest BCUT2D eigenvalue weighted by molar-refractivity contribution is 5.92. The van der Waals surface area contributed by atoms with Gasteiger partial charge in [-0.05, 0) is 61.4 Å². The first-order chi connectivity index (χ1) is 14.4. The van der Waals surface area contributed by atoms with E-state index in [1.54, 1.807) is 50.6 Å². The van der Waals surface area contributed by atoms with Crippen LogP contribution in [0.2, 0.25) is 0 Å². The first kappa shape index (κ1) is 22.7. The Morgan fingerprint density at radius 2 is 1.10 bits per heavy atom. The molecule has 0 radical (unpaired) electrons. The van der Waals surface area contributed by atoms with Crippen molar-refractivity contribution < 1.29 is 28.5 Å². The van der Waals surface area contributed by atoms with Crippen molar-refractivity contribution in [2.45, 2.75) is 13.8 Å². The van der Waals surface area contributed by atoms with Gasteiger partial charge in [0.25, 0.3) is 0 Å². The molecule has 0 amide bonds. The average molecular weight is 410 g/mol. The second-order valence-electron chi connectivity index (χ2n) is 6.41. The Kier molecular flexibility index (Phi) is 8.69. The highest BCUT2D eigenvalue weighted by atomic mass is 16.5. The molecule has 0 atom stereocenters. The van der Waals surface area contributed by atoms with Crippen LogP contribution in [0.5, 0.6) is 23.0 Å². The molecular weight excluding hydrogens is 384 g/mol. The molecule has 0 unspecified atom stereocenters. The van der Waals surface area contributed by atoms with Crippen LogP contribution in [0.4, 0.5) is 0 Å². The van der Waals surface area contributed by atoms with Gasteiger partial charge in [0.2, 0.25) is 0 Å². The Labute approximate surface area is 176 Å². The highest BCUT2D eigenvalue weighted by Gasteiger charge is 2.07. The summed E-state index contributed by atoms with van der Waals surface area (Å²) in [5, 5.41) is 0. The van der Waals surface area contributed by atoms with Crippen LogP contribution in [0, 0.1) is 0 Å². The highest BCUT2D eigenvalue weighted by Crippen LogP contribution is 2.30. The smallest absolute Gasteiger partial charge is 0.161 e. The van der Waals surface area contributed by atoms with Gasteiger partial charge in [0.05, 0.1) is 14.2 Å². The number of ketones is 2. The molecule has 0 aromatic heterocycles. The molecule has 0 aliphatic heterocycles. The van der Waals surface area contributed by atoms with Crippen LogP contribution in [-0.4, -0.2) is 39.0 Å². The summed E-state index contributed by atoms with van der Waals surface area (Å²) in [6, 6.07) is 10.9. The van der Waals surface area contributed by atoms with Gasteiger partial charge in [-0.25, -0.2) is 0 Å². The van der Waals surface area contributed by atoms with E-state index in [0.717, 1.165) is 11.1 Å². The number of benzene rings is 2. The molecule has 0 spiro atoms. The van der Waals surface area contributed by atoms with E-state index in [1.165, 1.54) is 26.0 Å². The summed E-state index contributed by atoms with van der Waals surface area (Å²) in [6.45, 7) is 3.59. The van der Waals surface area contributed by atoms with Crippen LogP contribution < -0.4 is 18.9 Å². The summed E-state index contributed by atoms with van der Waals surface area (Å²) in [7, 11) is 3.12. The predicted octanol–water partition coefficient (Wildman–Crippen LogP) is 4.37. The zero-order valence-electron chi connectivity index (χ0n) is 17.6. The Balaban J connectivity index is 1.96. The fraction of sp³-hybridized carbons (Fsp3) is 0.250. The van der Waals surface area contributed by atoms with Gasteiger partial charge in [-0.15, -0.1) is 0 Å². The van der Waals surface area contributed by atoms with E-state index in [1.807, 2.05) is 12.1 Å². The van der Waals surface area contributed by atoms with Gasteiger partial charge >= 0.3 is 0 Å². The molecule has 30 heavy (non-hydrogen) atoms. The van der Waals surface area contributed by atoms with Crippen molar-refractivity contribution in [2.75, 3.05) is 27.4 Å². The van der Waals surface area contributed by atoms with Gasteiger partial charge in [0, 0.05) is 0 Å². The summed E-state index contributed by atoms with van der Waals surface area (Å²) < 4.78 is 22.2. The zero-order valence-corrected chi connectivity index (χ0v) is 17.6. The van der Waals surface area contributed by atoms with E-state index in [9.17, 15) is 9.59 Å². The molecule has 0 saturated carbocycles. The van der Waals surface area contributed by atoms with E-state index >= 15 is 0 Å². The number of rotatable bonds is 11. The minimum Gasteiger partial charge on any atom is -0.493 e. The van der Waals surface area contributed by atoms with Crippen LogP contribution in [0.3, 0.4) is 0 Å². The lowest BCUT2D eigenvalue weighted by Crippen LogP contribution is -2.10. The third-order valence-corrected chi connectivity index (χ3v) is 3.99. The third-order valence-electron chi connectivity index (χ3n) is 3.99. The lowest BCUT2D eigenvalue weighted by atomic mass is 10.1. The van der Waals surface area contributed by atoms with Gasteiger partial charge in [0.15, 0.2) is 34.6 Å². The van der Waals surface area contributed by atoms with E-state index in [0.29, 0.717) is 36.2 Å². The second-order valence-corrected chi connectivity index (χ2v) is 6.41. The van der Waals surface area contributed by atoms with Gasteiger partial charge in [-0.3, -0.25) is 9.59 Å². The molecule has 0 heterocycles. The molecule has 0 N–H and O–H groups in total. The number of carbonyl (C=O) groups excluding carboxylic acids is 2. The zero-order chi connectivity index (χ0) is 21.9. The SMILES string of the molecule is COc1cc(/C=C/C(C)=O)ccc1OCCOc1ccc(/C=C/C(C)=O)cc1OC. The fourth-order valence-electron chi connectivity index (χ4n) is 2.54. The first-order valence-electron chi connectivity index (χ1n) is 9.42. The number of ether oxygens (including phenoxy) is 4. The van der Waals surface area contributed by atoms with Crippen LogP contribution in [-0.2, 0) is 9.59 Å². The largest absolute Gasteiger partial charge is 0.493 e.